The van der Waals surface area contributed by atoms with Crippen LogP contribution in [0.1, 0.15) is 18.9 Å². The Labute approximate surface area is 92.0 Å². The zero-order valence-electron chi connectivity index (χ0n) is 7.96. The van der Waals surface area contributed by atoms with Crippen LogP contribution in [0.15, 0.2) is 17.6 Å². The summed E-state index contributed by atoms with van der Waals surface area (Å²) in [5, 5.41) is 2.21. The van der Waals surface area contributed by atoms with E-state index in [1.807, 2.05) is 6.20 Å². The number of aromatic nitrogens is 2. The summed E-state index contributed by atoms with van der Waals surface area (Å²) < 4.78 is 0.686. The number of aromatic amines is 2. The van der Waals surface area contributed by atoms with Crippen LogP contribution in [0, 0.1) is 4.77 Å². The van der Waals surface area contributed by atoms with E-state index in [0.29, 0.717) is 4.77 Å². The molecule has 0 aliphatic carbocycles. The highest BCUT2D eigenvalue weighted by Crippen LogP contribution is 2.25. The summed E-state index contributed by atoms with van der Waals surface area (Å²) in [7, 11) is 0. The van der Waals surface area contributed by atoms with E-state index >= 15 is 0 Å². The highest BCUT2D eigenvalue weighted by molar-refractivity contribution is 7.71. The van der Waals surface area contributed by atoms with E-state index in [9.17, 15) is 0 Å². The van der Waals surface area contributed by atoms with Crippen LogP contribution in [-0.4, -0.2) is 9.97 Å². The number of hydrogen-bond acceptors (Lipinski definition) is 2. The molecule has 0 saturated heterocycles. The van der Waals surface area contributed by atoms with Crippen LogP contribution in [0.3, 0.4) is 0 Å². The van der Waals surface area contributed by atoms with Gasteiger partial charge in [-0.1, -0.05) is 13.3 Å². The van der Waals surface area contributed by atoms with Crippen molar-refractivity contribution in [1.29, 1.82) is 0 Å². The highest BCUT2D eigenvalue weighted by Gasteiger charge is 2.02. The smallest absolute Gasteiger partial charge is 0.174 e. The average Bonchev–Trinajstić information content (AvgIpc) is 2.74. The first-order chi connectivity index (χ1) is 6.79. The fourth-order valence-electron chi connectivity index (χ4n) is 1.40. The Morgan fingerprint density at radius 1 is 1.50 bits per heavy atom. The number of imidazole rings is 1. The van der Waals surface area contributed by atoms with Crippen molar-refractivity contribution in [2.24, 2.45) is 0 Å². The van der Waals surface area contributed by atoms with Gasteiger partial charge < -0.3 is 9.97 Å². The van der Waals surface area contributed by atoms with Crippen molar-refractivity contribution in [3.05, 3.63) is 28.0 Å². The molecular formula is C10H12N2S2. The number of nitrogens with one attached hydrogen (secondary N) is 2. The van der Waals surface area contributed by atoms with Crippen LogP contribution < -0.4 is 0 Å². The lowest BCUT2D eigenvalue weighted by atomic mass is 10.2. The molecule has 2 heterocycles. The summed E-state index contributed by atoms with van der Waals surface area (Å²) in [5.74, 6) is 0. The predicted molar refractivity (Wildman–Crippen MR) is 63.3 cm³/mol. The third-order valence-electron chi connectivity index (χ3n) is 2.05. The molecular weight excluding hydrogens is 212 g/mol. The van der Waals surface area contributed by atoms with Crippen LogP contribution in [0.5, 0.6) is 0 Å². The molecule has 0 atom stereocenters. The number of thiophene rings is 1. The van der Waals surface area contributed by atoms with Gasteiger partial charge in [0.25, 0.3) is 0 Å². The van der Waals surface area contributed by atoms with Crippen molar-refractivity contribution in [1.82, 2.24) is 9.97 Å². The van der Waals surface area contributed by atoms with Crippen molar-refractivity contribution in [3.63, 3.8) is 0 Å². The zero-order valence-corrected chi connectivity index (χ0v) is 9.60. The molecule has 2 aromatic heterocycles. The molecule has 2 rings (SSSR count). The molecule has 0 spiro atoms. The van der Waals surface area contributed by atoms with E-state index in [0.717, 1.165) is 12.1 Å². The van der Waals surface area contributed by atoms with Gasteiger partial charge in [-0.25, -0.2) is 0 Å². The third kappa shape index (κ3) is 1.96. The molecule has 0 unspecified atom stereocenters. The Morgan fingerprint density at radius 3 is 3.00 bits per heavy atom. The van der Waals surface area contributed by atoms with Gasteiger partial charge in [-0.2, -0.15) is 0 Å². The predicted octanol–water partition coefficient (Wildman–Crippen LogP) is 3.75. The van der Waals surface area contributed by atoms with E-state index in [2.05, 4.69) is 28.3 Å². The zero-order chi connectivity index (χ0) is 9.97. The SMILES string of the molecule is CCCc1csc(-c2c[nH]c(=S)[nH]2)c1. The summed E-state index contributed by atoms with van der Waals surface area (Å²) in [6.07, 6.45) is 4.27. The van der Waals surface area contributed by atoms with Gasteiger partial charge >= 0.3 is 0 Å². The van der Waals surface area contributed by atoms with Gasteiger partial charge in [0.15, 0.2) is 4.77 Å². The summed E-state index contributed by atoms with van der Waals surface area (Å²) in [6.45, 7) is 2.20. The Kier molecular flexibility index (Phi) is 2.84. The van der Waals surface area contributed by atoms with E-state index in [1.54, 1.807) is 11.3 Å². The molecule has 0 amide bonds. The molecule has 0 bridgehead atoms. The molecule has 4 heteroatoms. The van der Waals surface area contributed by atoms with Gasteiger partial charge in [0.1, 0.15) is 0 Å². The Hall–Kier alpha value is -0.870. The normalized spacial score (nSPS) is 10.6. The molecule has 0 aliphatic rings. The minimum absolute atomic E-state index is 0.686. The second kappa shape index (κ2) is 4.11. The molecule has 0 saturated carbocycles. The lowest BCUT2D eigenvalue weighted by molar-refractivity contribution is 0.927. The fraction of sp³-hybridized carbons (Fsp3) is 0.300. The molecule has 0 radical (unpaired) electrons. The van der Waals surface area contributed by atoms with E-state index in [-0.39, 0.29) is 0 Å². The number of hydrogen-bond donors (Lipinski definition) is 2. The van der Waals surface area contributed by atoms with Crippen LogP contribution >= 0.6 is 23.6 Å². The summed E-state index contributed by atoms with van der Waals surface area (Å²) in [5.41, 5.74) is 2.50. The van der Waals surface area contributed by atoms with Crippen LogP contribution in [0.25, 0.3) is 10.6 Å². The standard InChI is InChI=1S/C10H12N2S2/c1-2-3-7-4-9(14-6-7)8-5-11-10(13)12-8/h4-6H,2-3H2,1H3,(H2,11,12,13). The topological polar surface area (TPSA) is 31.6 Å². The van der Waals surface area contributed by atoms with Crippen LogP contribution in [0.4, 0.5) is 0 Å². The van der Waals surface area contributed by atoms with Gasteiger partial charge in [0.2, 0.25) is 0 Å². The quantitative estimate of drug-likeness (QED) is 0.764. The molecule has 14 heavy (non-hydrogen) atoms. The van der Waals surface area contributed by atoms with Crippen LogP contribution in [0.2, 0.25) is 0 Å². The molecule has 2 aromatic rings. The molecule has 2 N–H and O–H groups in total. The van der Waals surface area contributed by atoms with Gasteiger partial charge in [-0.15, -0.1) is 11.3 Å². The first-order valence-electron chi connectivity index (χ1n) is 4.65. The van der Waals surface area contributed by atoms with Crippen molar-refractivity contribution in [2.45, 2.75) is 19.8 Å². The van der Waals surface area contributed by atoms with E-state index in [4.69, 9.17) is 12.2 Å². The Balaban J connectivity index is 2.28. The Bertz CT molecular complexity index is 464. The second-order valence-electron chi connectivity index (χ2n) is 3.23. The van der Waals surface area contributed by atoms with E-state index < -0.39 is 0 Å². The van der Waals surface area contributed by atoms with Crippen molar-refractivity contribution in [2.75, 3.05) is 0 Å². The number of aryl methyl sites for hydroxylation is 1. The second-order valence-corrected chi connectivity index (χ2v) is 4.55. The Morgan fingerprint density at radius 2 is 2.36 bits per heavy atom. The molecule has 2 nitrogen and oxygen atoms in total. The van der Waals surface area contributed by atoms with Gasteiger partial charge in [0.05, 0.1) is 10.6 Å². The molecule has 0 fully saturated rings. The lowest BCUT2D eigenvalue weighted by Crippen LogP contribution is -1.76. The number of H-pyrrole nitrogens is 2. The minimum Gasteiger partial charge on any atom is -0.337 e. The molecule has 0 aromatic carbocycles. The molecule has 0 aliphatic heterocycles. The van der Waals surface area contributed by atoms with Gasteiger partial charge in [-0.3, -0.25) is 0 Å². The highest BCUT2D eigenvalue weighted by atomic mass is 32.1. The monoisotopic (exact) mass is 224 g/mol. The van der Waals surface area contributed by atoms with Gasteiger partial charge in [-0.05, 0) is 35.6 Å². The maximum absolute atomic E-state index is 4.98. The average molecular weight is 224 g/mol. The van der Waals surface area contributed by atoms with Gasteiger partial charge in [0, 0.05) is 6.20 Å². The van der Waals surface area contributed by atoms with Crippen molar-refractivity contribution >= 4 is 23.6 Å². The van der Waals surface area contributed by atoms with Crippen molar-refractivity contribution < 1.29 is 0 Å². The van der Waals surface area contributed by atoms with Crippen molar-refractivity contribution in [3.8, 4) is 10.6 Å². The van der Waals surface area contributed by atoms with Crippen LogP contribution in [-0.2, 0) is 6.42 Å². The largest absolute Gasteiger partial charge is 0.337 e. The lowest BCUT2D eigenvalue weighted by Gasteiger charge is -1.89. The summed E-state index contributed by atoms with van der Waals surface area (Å²) in [6, 6.07) is 2.22. The minimum atomic E-state index is 0.686. The first-order valence-corrected chi connectivity index (χ1v) is 5.94. The maximum atomic E-state index is 4.98. The van der Waals surface area contributed by atoms with E-state index in [1.165, 1.54) is 16.9 Å². The molecule has 74 valence electrons. The number of rotatable bonds is 3. The first kappa shape index (κ1) is 9.68. The maximum Gasteiger partial charge on any atom is 0.174 e. The fourth-order valence-corrected chi connectivity index (χ4v) is 2.49. The summed E-state index contributed by atoms with van der Waals surface area (Å²) >= 11 is 6.74. The third-order valence-corrected chi connectivity index (χ3v) is 3.29. The summed E-state index contributed by atoms with van der Waals surface area (Å²) in [4.78, 5) is 7.34.